The zero-order valence-electron chi connectivity index (χ0n) is 8.79. The van der Waals surface area contributed by atoms with E-state index in [0.29, 0.717) is 12.1 Å². The smallest absolute Gasteiger partial charge is 0.259 e. The van der Waals surface area contributed by atoms with E-state index in [1.54, 1.807) is 0 Å². The summed E-state index contributed by atoms with van der Waals surface area (Å²) in [5, 5.41) is 8.77. The Morgan fingerprint density at radius 3 is 2.29 bits per heavy atom. The van der Waals surface area contributed by atoms with E-state index in [4.69, 9.17) is 5.11 Å². The van der Waals surface area contributed by atoms with Gasteiger partial charge < -0.3 is 10.0 Å². The van der Waals surface area contributed by atoms with Crippen molar-refractivity contribution in [2.45, 2.75) is 0 Å². The summed E-state index contributed by atoms with van der Waals surface area (Å²) in [4.78, 5) is 12.9. The van der Waals surface area contributed by atoms with Crippen molar-refractivity contribution in [2.75, 3.05) is 19.7 Å². The molecule has 0 atom stereocenters. The number of benzene rings is 1. The van der Waals surface area contributed by atoms with E-state index in [1.807, 2.05) is 0 Å². The van der Waals surface area contributed by atoms with E-state index >= 15 is 0 Å². The first-order valence-electron chi connectivity index (χ1n) is 5.07. The van der Waals surface area contributed by atoms with Crippen LogP contribution in [0.3, 0.4) is 0 Å². The lowest BCUT2D eigenvalue weighted by Gasteiger charge is -2.38. The number of hydrogen-bond acceptors (Lipinski definition) is 2. The maximum atomic E-state index is 13.3. The molecule has 0 saturated carbocycles. The Kier molecular flexibility index (Phi) is 3.06. The van der Waals surface area contributed by atoms with Gasteiger partial charge in [0.1, 0.15) is 23.0 Å². The van der Waals surface area contributed by atoms with Gasteiger partial charge in [-0.2, -0.15) is 0 Å². The number of carbonyl (C=O) groups excluding carboxylic acids is 1. The quantitative estimate of drug-likeness (QED) is 0.849. The molecule has 1 N–H and O–H groups in total. The Morgan fingerprint density at radius 1 is 1.29 bits per heavy atom. The van der Waals surface area contributed by atoms with Gasteiger partial charge >= 0.3 is 0 Å². The van der Waals surface area contributed by atoms with Crippen LogP contribution in [0.5, 0.6) is 0 Å². The molecule has 3 nitrogen and oxygen atoms in total. The van der Waals surface area contributed by atoms with Crippen LogP contribution in [0.2, 0.25) is 0 Å². The third kappa shape index (κ3) is 2.12. The minimum absolute atomic E-state index is 0.0504. The molecule has 17 heavy (non-hydrogen) atoms. The van der Waals surface area contributed by atoms with Crippen LogP contribution in [-0.2, 0) is 0 Å². The summed E-state index contributed by atoms with van der Waals surface area (Å²) in [5.41, 5.74) is -0.747. The molecule has 1 amide bonds. The van der Waals surface area contributed by atoms with Crippen molar-refractivity contribution in [3.05, 3.63) is 35.1 Å². The van der Waals surface area contributed by atoms with Crippen molar-refractivity contribution >= 4 is 5.91 Å². The van der Waals surface area contributed by atoms with Crippen molar-refractivity contribution in [3.8, 4) is 0 Å². The number of halogens is 3. The van der Waals surface area contributed by atoms with Crippen molar-refractivity contribution in [1.82, 2.24) is 4.90 Å². The zero-order chi connectivity index (χ0) is 12.6. The first-order valence-corrected chi connectivity index (χ1v) is 5.07. The van der Waals surface area contributed by atoms with E-state index in [2.05, 4.69) is 0 Å². The SMILES string of the molecule is O=C(c1c(F)cc(F)cc1F)N1CC(CO)C1. The Labute approximate surface area is 95.5 Å². The second-order valence-electron chi connectivity index (χ2n) is 4.00. The van der Waals surface area contributed by atoms with E-state index in [0.717, 1.165) is 0 Å². The minimum atomic E-state index is -1.21. The lowest BCUT2D eigenvalue weighted by molar-refractivity contribution is 0.0353. The van der Waals surface area contributed by atoms with Gasteiger partial charge in [-0.05, 0) is 0 Å². The second-order valence-corrected chi connectivity index (χ2v) is 4.00. The maximum absolute atomic E-state index is 13.3. The summed E-state index contributed by atoms with van der Waals surface area (Å²) in [5.74, 6) is -4.34. The number of carbonyl (C=O) groups is 1. The Bertz CT molecular complexity index is 435. The molecule has 1 heterocycles. The van der Waals surface area contributed by atoms with Gasteiger partial charge in [-0.1, -0.05) is 0 Å². The van der Waals surface area contributed by atoms with E-state index in [1.165, 1.54) is 4.90 Å². The molecule has 1 aliphatic rings. The molecule has 2 rings (SSSR count). The van der Waals surface area contributed by atoms with Crippen LogP contribution in [0, 0.1) is 23.4 Å². The van der Waals surface area contributed by atoms with Crippen molar-refractivity contribution in [1.29, 1.82) is 0 Å². The molecule has 1 saturated heterocycles. The molecular formula is C11H10F3NO2. The van der Waals surface area contributed by atoms with E-state index in [9.17, 15) is 18.0 Å². The fourth-order valence-corrected chi connectivity index (χ4v) is 1.76. The highest BCUT2D eigenvalue weighted by atomic mass is 19.1. The molecular weight excluding hydrogens is 235 g/mol. The predicted molar refractivity (Wildman–Crippen MR) is 52.8 cm³/mol. The summed E-state index contributed by atoms with van der Waals surface area (Å²) < 4.78 is 39.2. The summed E-state index contributed by atoms with van der Waals surface area (Å²) in [7, 11) is 0. The predicted octanol–water partition coefficient (Wildman–Crippen LogP) is 1.17. The van der Waals surface area contributed by atoms with Crippen LogP contribution in [0.15, 0.2) is 12.1 Å². The summed E-state index contributed by atoms with van der Waals surface area (Å²) in [6.45, 7) is 0.440. The Morgan fingerprint density at radius 2 is 1.82 bits per heavy atom. The normalized spacial score (nSPS) is 15.9. The highest BCUT2D eigenvalue weighted by Gasteiger charge is 2.33. The zero-order valence-corrected chi connectivity index (χ0v) is 8.79. The summed E-state index contributed by atoms with van der Waals surface area (Å²) >= 11 is 0. The first kappa shape index (κ1) is 11.9. The third-order valence-electron chi connectivity index (χ3n) is 2.72. The molecule has 0 aromatic heterocycles. The highest BCUT2D eigenvalue weighted by Crippen LogP contribution is 2.22. The highest BCUT2D eigenvalue weighted by molar-refractivity contribution is 5.95. The van der Waals surface area contributed by atoms with Crippen LogP contribution in [0.25, 0.3) is 0 Å². The Hall–Kier alpha value is -1.56. The standard InChI is InChI=1S/C11H10F3NO2/c12-7-1-8(13)10(9(14)2-7)11(17)15-3-6(4-15)5-16/h1-2,6,16H,3-5H2. The van der Waals surface area contributed by atoms with Crippen LogP contribution in [0.4, 0.5) is 13.2 Å². The number of hydrogen-bond donors (Lipinski definition) is 1. The fraction of sp³-hybridized carbons (Fsp3) is 0.364. The maximum Gasteiger partial charge on any atom is 0.259 e. The lowest BCUT2D eigenvalue weighted by Crippen LogP contribution is -2.51. The van der Waals surface area contributed by atoms with Crippen molar-refractivity contribution < 1.29 is 23.1 Å². The fourth-order valence-electron chi connectivity index (χ4n) is 1.76. The molecule has 0 aliphatic carbocycles. The average Bonchev–Trinajstić information content (AvgIpc) is 2.13. The topological polar surface area (TPSA) is 40.5 Å². The van der Waals surface area contributed by atoms with Crippen molar-refractivity contribution in [2.24, 2.45) is 5.92 Å². The van der Waals surface area contributed by atoms with E-state index in [-0.39, 0.29) is 25.6 Å². The van der Waals surface area contributed by atoms with Gasteiger partial charge in [0.2, 0.25) is 0 Å². The van der Waals surface area contributed by atoms with Gasteiger partial charge in [-0.3, -0.25) is 4.79 Å². The van der Waals surface area contributed by atoms with Crippen LogP contribution >= 0.6 is 0 Å². The van der Waals surface area contributed by atoms with Crippen molar-refractivity contribution in [3.63, 3.8) is 0 Å². The van der Waals surface area contributed by atoms with Gasteiger partial charge in [0.25, 0.3) is 5.91 Å². The molecule has 0 radical (unpaired) electrons. The lowest BCUT2D eigenvalue weighted by atomic mass is 9.99. The molecule has 0 bridgehead atoms. The number of nitrogens with zero attached hydrogens (tertiary/aromatic N) is 1. The summed E-state index contributed by atoms with van der Waals surface area (Å²) in [6.07, 6.45) is 0. The molecule has 6 heteroatoms. The van der Waals surface area contributed by atoms with Gasteiger partial charge in [-0.25, -0.2) is 13.2 Å². The van der Waals surface area contributed by atoms with Gasteiger partial charge in [0, 0.05) is 37.7 Å². The molecule has 1 aromatic carbocycles. The number of aliphatic hydroxyl groups is 1. The van der Waals surface area contributed by atoms with Gasteiger partial charge in [0.15, 0.2) is 0 Å². The van der Waals surface area contributed by atoms with Crippen LogP contribution in [0.1, 0.15) is 10.4 Å². The molecule has 1 fully saturated rings. The third-order valence-corrected chi connectivity index (χ3v) is 2.72. The summed E-state index contributed by atoms with van der Waals surface area (Å²) in [6, 6.07) is 0.944. The minimum Gasteiger partial charge on any atom is -0.396 e. The largest absolute Gasteiger partial charge is 0.396 e. The monoisotopic (exact) mass is 245 g/mol. The first-order chi connectivity index (χ1) is 8.02. The molecule has 0 spiro atoms. The van der Waals surface area contributed by atoms with Crippen LogP contribution < -0.4 is 0 Å². The number of aliphatic hydroxyl groups excluding tert-OH is 1. The number of likely N-dealkylation sites (tertiary alicyclic amines) is 1. The van der Waals surface area contributed by atoms with Gasteiger partial charge in [-0.15, -0.1) is 0 Å². The Balaban J connectivity index is 2.21. The second kappa shape index (κ2) is 4.37. The molecule has 1 aromatic rings. The van der Waals surface area contributed by atoms with Gasteiger partial charge in [0.05, 0.1) is 0 Å². The molecule has 92 valence electrons. The van der Waals surface area contributed by atoms with E-state index < -0.39 is 28.9 Å². The molecule has 1 aliphatic heterocycles. The number of rotatable bonds is 2. The van der Waals surface area contributed by atoms with Crippen LogP contribution in [-0.4, -0.2) is 35.6 Å². The number of amides is 1. The molecule has 0 unspecified atom stereocenters. The average molecular weight is 245 g/mol.